The number of fused-ring (bicyclic) bond motifs is 1. The van der Waals surface area contributed by atoms with Gasteiger partial charge in [-0.15, -0.1) is 0 Å². The first kappa shape index (κ1) is 12.0. The normalized spacial score (nSPS) is 14.2. The molecule has 0 spiro atoms. The number of alkyl halides is 3. The van der Waals surface area contributed by atoms with Gasteiger partial charge in [-0.05, 0) is 17.7 Å². The summed E-state index contributed by atoms with van der Waals surface area (Å²) in [4.78, 5) is 0. The summed E-state index contributed by atoms with van der Waals surface area (Å²) in [5.74, 6) is -1.60. The van der Waals surface area contributed by atoms with Crippen LogP contribution in [-0.4, -0.2) is 17.3 Å². The molecule has 1 atom stereocenters. The smallest absolute Gasteiger partial charge is 0.351 e. The first-order valence-corrected chi connectivity index (χ1v) is 5.26. The van der Waals surface area contributed by atoms with Crippen LogP contribution in [0.3, 0.4) is 0 Å². The lowest BCUT2D eigenvalue weighted by Gasteiger charge is -2.19. The predicted octanol–water partition coefficient (Wildman–Crippen LogP) is 2.78. The monoisotopic (exact) mass is 242 g/mol. The molecule has 2 nitrogen and oxygen atoms in total. The fourth-order valence-corrected chi connectivity index (χ4v) is 2.07. The van der Waals surface area contributed by atoms with Crippen LogP contribution in [0.1, 0.15) is 11.5 Å². The lowest BCUT2D eigenvalue weighted by Crippen LogP contribution is -2.28. The number of aryl methyl sites for hydroxylation is 1. The minimum atomic E-state index is -4.31. The fraction of sp³-hybridized carbons (Fsp3) is 0.333. The number of rotatable bonds is 2. The highest BCUT2D eigenvalue weighted by Crippen LogP contribution is 2.37. The van der Waals surface area contributed by atoms with E-state index in [1.54, 1.807) is 36.0 Å². The SMILES string of the molecule is Cn1ccc2c(C(CN)C(F)(F)F)cccc21. The minimum absolute atomic E-state index is 0.248. The molecule has 0 radical (unpaired) electrons. The highest BCUT2D eigenvalue weighted by molar-refractivity contribution is 5.84. The lowest BCUT2D eigenvalue weighted by molar-refractivity contribution is -0.147. The molecule has 2 aromatic rings. The quantitative estimate of drug-likeness (QED) is 0.862. The molecular formula is C12H13F3N2. The second-order valence-electron chi connectivity index (χ2n) is 4.04. The zero-order valence-corrected chi connectivity index (χ0v) is 9.33. The van der Waals surface area contributed by atoms with Gasteiger partial charge in [0.05, 0.1) is 5.92 Å². The van der Waals surface area contributed by atoms with E-state index in [1.807, 2.05) is 0 Å². The molecule has 1 unspecified atom stereocenters. The van der Waals surface area contributed by atoms with Crippen LogP contribution in [0.5, 0.6) is 0 Å². The van der Waals surface area contributed by atoms with Gasteiger partial charge in [0.15, 0.2) is 0 Å². The van der Waals surface area contributed by atoms with Crippen molar-refractivity contribution in [1.29, 1.82) is 0 Å². The summed E-state index contributed by atoms with van der Waals surface area (Å²) < 4.78 is 40.4. The Labute approximate surface area is 96.8 Å². The number of nitrogens with zero attached hydrogens (tertiary/aromatic N) is 1. The Morgan fingerprint density at radius 2 is 2.00 bits per heavy atom. The molecule has 2 rings (SSSR count). The molecule has 0 fully saturated rings. The topological polar surface area (TPSA) is 30.9 Å². The zero-order chi connectivity index (χ0) is 12.6. The Balaban J connectivity index is 2.62. The van der Waals surface area contributed by atoms with Gasteiger partial charge in [0.2, 0.25) is 0 Å². The highest BCUT2D eigenvalue weighted by atomic mass is 19.4. The van der Waals surface area contributed by atoms with Gasteiger partial charge in [0.1, 0.15) is 0 Å². The molecule has 0 bridgehead atoms. The average Bonchev–Trinajstić information content (AvgIpc) is 2.61. The van der Waals surface area contributed by atoms with Gasteiger partial charge < -0.3 is 10.3 Å². The molecular weight excluding hydrogens is 229 g/mol. The Bertz CT molecular complexity index is 528. The van der Waals surface area contributed by atoms with E-state index in [0.717, 1.165) is 5.52 Å². The summed E-state index contributed by atoms with van der Waals surface area (Å²) in [6.45, 7) is -0.433. The molecule has 1 aromatic heterocycles. The van der Waals surface area contributed by atoms with Crippen molar-refractivity contribution < 1.29 is 13.2 Å². The standard InChI is InChI=1S/C12H13F3N2/c1-17-6-5-9-8(3-2-4-11(9)17)10(7-16)12(13,14)15/h2-6,10H,7,16H2,1H3. The molecule has 17 heavy (non-hydrogen) atoms. The number of nitrogens with two attached hydrogens (primary N) is 1. The second kappa shape index (κ2) is 4.07. The maximum absolute atomic E-state index is 12.9. The molecule has 1 aromatic carbocycles. The maximum Gasteiger partial charge on any atom is 0.396 e. The van der Waals surface area contributed by atoms with Crippen LogP contribution >= 0.6 is 0 Å². The zero-order valence-electron chi connectivity index (χ0n) is 9.33. The Morgan fingerprint density at radius 3 is 2.59 bits per heavy atom. The number of hydrogen-bond acceptors (Lipinski definition) is 1. The number of hydrogen-bond donors (Lipinski definition) is 1. The molecule has 0 saturated carbocycles. The summed E-state index contributed by atoms with van der Waals surface area (Å²) in [5, 5.41) is 0.614. The predicted molar refractivity (Wildman–Crippen MR) is 60.8 cm³/mol. The number of benzene rings is 1. The first-order valence-electron chi connectivity index (χ1n) is 5.26. The summed E-state index contributed by atoms with van der Waals surface area (Å²) in [6, 6.07) is 6.61. The van der Waals surface area contributed by atoms with Crippen LogP contribution in [0.4, 0.5) is 13.2 Å². The van der Waals surface area contributed by atoms with Crippen LogP contribution in [0.15, 0.2) is 30.5 Å². The summed E-state index contributed by atoms with van der Waals surface area (Å²) in [6.07, 6.45) is -2.56. The molecule has 1 heterocycles. The van der Waals surface area contributed by atoms with E-state index in [0.29, 0.717) is 5.39 Å². The molecule has 0 amide bonds. The van der Waals surface area contributed by atoms with Crippen molar-refractivity contribution >= 4 is 10.9 Å². The molecule has 92 valence electrons. The summed E-state index contributed by atoms with van der Waals surface area (Å²) in [5.41, 5.74) is 6.29. The van der Waals surface area contributed by atoms with Crippen molar-refractivity contribution in [3.05, 3.63) is 36.0 Å². The molecule has 0 aliphatic heterocycles. The minimum Gasteiger partial charge on any atom is -0.351 e. The van der Waals surface area contributed by atoms with Crippen LogP contribution in [0, 0.1) is 0 Å². The highest BCUT2D eigenvalue weighted by Gasteiger charge is 2.40. The van der Waals surface area contributed by atoms with Gasteiger partial charge in [0, 0.05) is 30.7 Å². The first-order chi connectivity index (χ1) is 7.95. The number of aromatic nitrogens is 1. The van der Waals surface area contributed by atoms with Crippen LogP contribution in [-0.2, 0) is 7.05 Å². The van der Waals surface area contributed by atoms with Gasteiger partial charge in [-0.3, -0.25) is 0 Å². The van der Waals surface area contributed by atoms with Crippen molar-refractivity contribution in [3.8, 4) is 0 Å². The molecule has 5 heteroatoms. The van der Waals surface area contributed by atoms with Crippen LogP contribution < -0.4 is 5.73 Å². The molecule has 0 aliphatic carbocycles. The van der Waals surface area contributed by atoms with Gasteiger partial charge >= 0.3 is 6.18 Å². The number of halogens is 3. The van der Waals surface area contributed by atoms with Gasteiger partial charge in [-0.25, -0.2) is 0 Å². The van der Waals surface area contributed by atoms with E-state index in [-0.39, 0.29) is 5.56 Å². The van der Waals surface area contributed by atoms with E-state index < -0.39 is 18.6 Å². The largest absolute Gasteiger partial charge is 0.396 e. The van der Waals surface area contributed by atoms with E-state index in [9.17, 15) is 13.2 Å². The Hall–Kier alpha value is -1.49. The molecule has 0 aliphatic rings. The van der Waals surface area contributed by atoms with Crippen molar-refractivity contribution in [1.82, 2.24) is 4.57 Å². The van der Waals surface area contributed by atoms with E-state index >= 15 is 0 Å². The molecule has 2 N–H and O–H groups in total. The van der Waals surface area contributed by atoms with E-state index in [1.165, 1.54) is 6.07 Å². The third-order valence-corrected chi connectivity index (χ3v) is 2.97. The third-order valence-electron chi connectivity index (χ3n) is 2.97. The fourth-order valence-electron chi connectivity index (χ4n) is 2.07. The summed E-state index contributed by atoms with van der Waals surface area (Å²) >= 11 is 0. The Morgan fingerprint density at radius 1 is 1.29 bits per heavy atom. The van der Waals surface area contributed by atoms with Crippen molar-refractivity contribution in [2.24, 2.45) is 12.8 Å². The van der Waals surface area contributed by atoms with Gasteiger partial charge in [-0.2, -0.15) is 13.2 Å². The van der Waals surface area contributed by atoms with Crippen molar-refractivity contribution in [3.63, 3.8) is 0 Å². The molecule has 0 saturated heterocycles. The van der Waals surface area contributed by atoms with Gasteiger partial charge in [-0.1, -0.05) is 12.1 Å². The van der Waals surface area contributed by atoms with E-state index in [4.69, 9.17) is 5.73 Å². The average molecular weight is 242 g/mol. The lowest BCUT2D eigenvalue weighted by atomic mass is 9.95. The third kappa shape index (κ3) is 2.02. The van der Waals surface area contributed by atoms with Crippen molar-refractivity contribution in [2.45, 2.75) is 12.1 Å². The maximum atomic E-state index is 12.9. The van der Waals surface area contributed by atoms with Gasteiger partial charge in [0.25, 0.3) is 0 Å². The van der Waals surface area contributed by atoms with Crippen LogP contribution in [0.25, 0.3) is 10.9 Å². The Kier molecular flexibility index (Phi) is 2.87. The summed E-state index contributed by atoms with van der Waals surface area (Å²) in [7, 11) is 1.80. The van der Waals surface area contributed by atoms with E-state index in [2.05, 4.69) is 0 Å². The van der Waals surface area contributed by atoms with Crippen LogP contribution in [0.2, 0.25) is 0 Å². The van der Waals surface area contributed by atoms with Crippen molar-refractivity contribution in [2.75, 3.05) is 6.54 Å². The second-order valence-corrected chi connectivity index (χ2v) is 4.04.